The lowest BCUT2D eigenvalue weighted by Gasteiger charge is -2.10. The summed E-state index contributed by atoms with van der Waals surface area (Å²) in [5, 5.41) is 0.486. The minimum atomic E-state index is -4.57. The zero-order valence-electron chi connectivity index (χ0n) is 12.8. The molecule has 3 N–H and O–H groups in total. The summed E-state index contributed by atoms with van der Waals surface area (Å²) < 4.78 is 65.3. The maximum absolute atomic E-state index is 12.8. The number of anilines is 2. The number of sulfonamides is 1. The summed E-state index contributed by atoms with van der Waals surface area (Å²) in [6, 6.07) is 7.30. The van der Waals surface area contributed by atoms with Gasteiger partial charge in [0.15, 0.2) is 4.21 Å². The number of rotatable bonds is 3. The van der Waals surface area contributed by atoms with Crippen LogP contribution in [0.4, 0.5) is 24.5 Å². The quantitative estimate of drug-likeness (QED) is 0.711. The number of aromatic nitrogens is 1. The molecule has 0 spiro atoms. The van der Waals surface area contributed by atoms with Crippen molar-refractivity contribution < 1.29 is 21.6 Å². The van der Waals surface area contributed by atoms with E-state index in [4.69, 9.17) is 5.73 Å². The highest BCUT2D eigenvalue weighted by atomic mass is 32.2. The predicted molar refractivity (Wildman–Crippen MR) is 91.0 cm³/mol. The highest BCUT2D eigenvalue weighted by Crippen LogP contribution is 2.37. The van der Waals surface area contributed by atoms with Gasteiger partial charge in [-0.2, -0.15) is 13.2 Å². The first-order chi connectivity index (χ1) is 11.6. The fourth-order valence-electron chi connectivity index (χ4n) is 2.23. The maximum atomic E-state index is 12.8. The number of aryl methyl sites for hydroxylation is 1. The van der Waals surface area contributed by atoms with Crippen LogP contribution in [0.2, 0.25) is 0 Å². The first-order valence-corrected chi connectivity index (χ1v) is 9.23. The molecule has 5 nitrogen and oxygen atoms in total. The van der Waals surface area contributed by atoms with Crippen LogP contribution in [0, 0.1) is 6.92 Å². The van der Waals surface area contributed by atoms with Crippen molar-refractivity contribution in [3.8, 4) is 0 Å². The Morgan fingerprint density at radius 2 is 1.92 bits per heavy atom. The molecule has 3 aromatic rings. The van der Waals surface area contributed by atoms with Crippen LogP contribution in [0.5, 0.6) is 0 Å². The third-order valence-corrected chi connectivity index (χ3v) is 6.42. The molecule has 0 fully saturated rings. The summed E-state index contributed by atoms with van der Waals surface area (Å²) in [4.78, 5) is 4.67. The van der Waals surface area contributed by atoms with Gasteiger partial charge < -0.3 is 5.73 Å². The summed E-state index contributed by atoms with van der Waals surface area (Å²) in [5.41, 5.74) is 5.47. The minimum absolute atomic E-state index is 0.0203. The van der Waals surface area contributed by atoms with E-state index >= 15 is 0 Å². The first kappa shape index (κ1) is 17.5. The van der Waals surface area contributed by atoms with Gasteiger partial charge in [-0.3, -0.25) is 4.72 Å². The van der Waals surface area contributed by atoms with Crippen LogP contribution < -0.4 is 10.5 Å². The van der Waals surface area contributed by atoms with Crippen molar-refractivity contribution in [2.24, 2.45) is 0 Å². The molecule has 0 radical (unpaired) electrons. The van der Waals surface area contributed by atoms with Crippen LogP contribution in [0.25, 0.3) is 10.2 Å². The Labute approximate surface area is 145 Å². The van der Waals surface area contributed by atoms with E-state index in [1.54, 1.807) is 19.1 Å². The molecule has 3 rings (SSSR count). The number of hydrogen-bond acceptors (Lipinski definition) is 5. The monoisotopic (exact) mass is 387 g/mol. The fourth-order valence-corrected chi connectivity index (χ4v) is 4.83. The van der Waals surface area contributed by atoms with Crippen LogP contribution in [0.1, 0.15) is 11.3 Å². The molecule has 0 aliphatic heterocycles. The Kier molecular flexibility index (Phi) is 4.12. The average molecular weight is 387 g/mol. The SMILES string of the molecule is Cc1ccc2c(N)c(S(=O)(=O)Nc3cccc(C(F)(F)F)c3)sc2n1. The molecule has 25 heavy (non-hydrogen) atoms. The van der Waals surface area contributed by atoms with Gasteiger partial charge in [-0.1, -0.05) is 17.4 Å². The van der Waals surface area contributed by atoms with E-state index in [2.05, 4.69) is 9.71 Å². The minimum Gasteiger partial charge on any atom is -0.396 e. The topological polar surface area (TPSA) is 85.1 Å². The van der Waals surface area contributed by atoms with Crippen LogP contribution in [-0.2, 0) is 16.2 Å². The number of nitrogens with zero attached hydrogens (tertiary/aromatic N) is 1. The van der Waals surface area contributed by atoms with Gasteiger partial charge in [0.2, 0.25) is 0 Å². The van der Waals surface area contributed by atoms with Gasteiger partial charge in [0.1, 0.15) is 4.83 Å². The van der Waals surface area contributed by atoms with Crippen molar-refractivity contribution in [2.75, 3.05) is 10.5 Å². The summed E-state index contributed by atoms with van der Waals surface area (Å²) in [5.74, 6) is 0. The number of hydrogen-bond donors (Lipinski definition) is 2. The Bertz CT molecular complexity index is 1060. The number of benzene rings is 1. The molecule has 0 bridgehead atoms. The summed E-state index contributed by atoms with van der Waals surface area (Å²) in [6.45, 7) is 1.75. The van der Waals surface area contributed by atoms with E-state index in [0.29, 0.717) is 15.9 Å². The summed E-state index contributed by atoms with van der Waals surface area (Å²) in [6.07, 6.45) is -4.57. The second kappa shape index (κ2) is 5.88. The molecule has 0 amide bonds. The number of nitrogen functional groups attached to an aromatic ring is 1. The molecule has 0 saturated carbocycles. The largest absolute Gasteiger partial charge is 0.416 e. The van der Waals surface area contributed by atoms with Gasteiger partial charge >= 0.3 is 6.18 Å². The highest BCUT2D eigenvalue weighted by Gasteiger charge is 2.31. The number of alkyl halides is 3. The van der Waals surface area contributed by atoms with Crippen molar-refractivity contribution in [2.45, 2.75) is 17.3 Å². The van der Waals surface area contributed by atoms with Crippen LogP contribution >= 0.6 is 11.3 Å². The predicted octanol–water partition coefficient (Wildman–Crippen LogP) is 4.01. The third-order valence-electron chi connectivity index (χ3n) is 3.39. The van der Waals surface area contributed by atoms with Crippen LogP contribution in [0.15, 0.2) is 40.6 Å². The van der Waals surface area contributed by atoms with E-state index in [1.807, 2.05) is 0 Å². The second-order valence-electron chi connectivity index (χ2n) is 5.29. The van der Waals surface area contributed by atoms with E-state index in [0.717, 1.165) is 29.5 Å². The van der Waals surface area contributed by atoms with E-state index in [-0.39, 0.29) is 15.6 Å². The molecular formula is C15H12F3N3O2S2. The van der Waals surface area contributed by atoms with Crippen molar-refractivity contribution >= 4 is 43.0 Å². The summed E-state index contributed by atoms with van der Waals surface area (Å²) >= 11 is 0.865. The lowest BCUT2D eigenvalue weighted by molar-refractivity contribution is -0.137. The van der Waals surface area contributed by atoms with Crippen molar-refractivity contribution in [1.82, 2.24) is 4.98 Å². The number of nitrogens with two attached hydrogens (primary N) is 1. The first-order valence-electron chi connectivity index (χ1n) is 6.93. The van der Waals surface area contributed by atoms with Gasteiger partial charge in [-0.15, -0.1) is 0 Å². The number of thiophene rings is 1. The van der Waals surface area contributed by atoms with Crippen LogP contribution in [0.3, 0.4) is 0 Å². The Morgan fingerprint density at radius 3 is 2.60 bits per heavy atom. The Balaban J connectivity index is 2.02. The summed E-state index contributed by atoms with van der Waals surface area (Å²) in [7, 11) is -4.14. The molecular weight excluding hydrogens is 375 g/mol. The molecule has 0 unspecified atom stereocenters. The van der Waals surface area contributed by atoms with Gasteiger partial charge in [0, 0.05) is 16.8 Å². The molecule has 0 saturated heterocycles. The molecule has 132 valence electrons. The second-order valence-corrected chi connectivity index (χ2v) is 8.17. The number of pyridine rings is 1. The number of fused-ring (bicyclic) bond motifs is 1. The van der Waals surface area contributed by atoms with Crippen molar-refractivity contribution in [3.05, 3.63) is 47.7 Å². The highest BCUT2D eigenvalue weighted by molar-refractivity contribution is 7.95. The zero-order valence-corrected chi connectivity index (χ0v) is 14.4. The van der Waals surface area contributed by atoms with E-state index < -0.39 is 21.8 Å². The average Bonchev–Trinajstić information content (AvgIpc) is 2.83. The van der Waals surface area contributed by atoms with E-state index in [1.165, 1.54) is 6.07 Å². The maximum Gasteiger partial charge on any atom is 0.416 e. The molecule has 0 aliphatic rings. The fraction of sp³-hybridized carbons (Fsp3) is 0.133. The molecule has 10 heteroatoms. The zero-order chi connectivity index (χ0) is 18.4. The number of halogens is 3. The normalized spacial score (nSPS) is 12.5. The molecule has 1 aromatic carbocycles. The van der Waals surface area contributed by atoms with Crippen LogP contribution in [-0.4, -0.2) is 13.4 Å². The lowest BCUT2D eigenvalue weighted by atomic mass is 10.2. The van der Waals surface area contributed by atoms with Gasteiger partial charge in [-0.05, 0) is 37.3 Å². The number of nitrogens with one attached hydrogen (secondary N) is 1. The van der Waals surface area contributed by atoms with E-state index in [9.17, 15) is 21.6 Å². The Morgan fingerprint density at radius 1 is 1.20 bits per heavy atom. The molecule has 2 heterocycles. The molecule has 2 aromatic heterocycles. The van der Waals surface area contributed by atoms with Gasteiger partial charge in [0.25, 0.3) is 10.0 Å². The lowest BCUT2D eigenvalue weighted by Crippen LogP contribution is -2.14. The molecule has 0 aliphatic carbocycles. The van der Waals surface area contributed by atoms with Crippen molar-refractivity contribution in [1.29, 1.82) is 0 Å². The third kappa shape index (κ3) is 3.40. The smallest absolute Gasteiger partial charge is 0.396 e. The van der Waals surface area contributed by atoms with Gasteiger partial charge in [0.05, 0.1) is 11.3 Å². The van der Waals surface area contributed by atoms with Crippen molar-refractivity contribution in [3.63, 3.8) is 0 Å². The van der Waals surface area contributed by atoms with Gasteiger partial charge in [-0.25, -0.2) is 13.4 Å². The Hall–Kier alpha value is -2.33. The standard InChI is InChI=1S/C15H12F3N3O2S2/c1-8-5-6-11-12(19)14(24-13(11)20-8)25(22,23)21-10-4-2-3-9(7-10)15(16,17)18/h2-7,21H,19H2,1H3. The molecule has 0 atom stereocenters.